The first kappa shape index (κ1) is 43.6. The fourth-order valence-corrected chi connectivity index (χ4v) is 16.9. The predicted molar refractivity (Wildman–Crippen MR) is 317 cm³/mol. The third kappa shape index (κ3) is 6.69. The van der Waals surface area contributed by atoms with Crippen LogP contribution < -0.4 is 20.7 Å². The zero-order valence-electron chi connectivity index (χ0n) is 41.2. The van der Waals surface area contributed by atoms with Crippen molar-refractivity contribution in [3.05, 3.63) is 279 Å². The molecule has 0 fully saturated rings. The van der Waals surface area contributed by atoms with E-state index in [2.05, 4.69) is 275 Å². The predicted octanol–water partition coefficient (Wildman–Crippen LogP) is 13.9. The summed E-state index contributed by atoms with van der Waals surface area (Å²) in [5.74, 6) is 1.74. The number of nitrogens with zero attached hydrogens (tertiary/aromatic N) is 6. The molecule has 0 bridgehead atoms. The Bertz CT molecular complexity index is 4530. The molecule has 15 aromatic rings. The van der Waals surface area contributed by atoms with E-state index in [1.807, 2.05) is 18.2 Å². The number of rotatable bonds is 9. The molecule has 7 heteroatoms. The molecular formula is C69H46N6Si. The van der Waals surface area contributed by atoms with Gasteiger partial charge in [-0.15, -0.1) is 0 Å². The molecule has 76 heavy (non-hydrogen) atoms. The van der Waals surface area contributed by atoms with Crippen LogP contribution in [0.4, 0.5) is 0 Å². The van der Waals surface area contributed by atoms with E-state index in [1.54, 1.807) is 0 Å². The van der Waals surface area contributed by atoms with Gasteiger partial charge in [-0.3, -0.25) is 4.57 Å². The highest BCUT2D eigenvalue weighted by Gasteiger charge is 2.41. The highest BCUT2D eigenvalue weighted by Crippen LogP contribution is 2.41. The van der Waals surface area contributed by atoms with Crippen LogP contribution in [0.1, 0.15) is 0 Å². The van der Waals surface area contributed by atoms with Crippen LogP contribution in [0.25, 0.3) is 106 Å². The molecule has 4 heterocycles. The lowest BCUT2D eigenvalue weighted by atomic mass is 10.1. The number of para-hydroxylation sites is 5. The standard InChI is InChI=1S/C69H46N6Si/c1-5-22-47(23-6-1)67-70-68(48-40-43-53(44-41-48)76(50-24-7-2-8-25-50,51-26-9-3-10-27-51)52-28-11-4-12-29-52)72-69(71-67)75-63-38-20-15-32-56(63)58-34-21-39-65(66(58)75)74-62-37-19-16-33-57(62)59-46-49(42-45-64(59)74)73-60-35-17-13-30-54(60)55-31-14-18-36-61(55)73/h1-46H. The summed E-state index contributed by atoms with van der Waals surface area (Å²) in [7, 11) is -2.78. The maximum Gasteiger partial charge on any atom is 0.238 e. The van der Waals surface area contributed by atoms with Crippen molar-refractivity contribution in [2.75, 3.05) is 0 Å². The van der Waals surface area contributed by atoms with Gasteiger partial charge < -0.3 is 9.13 Å². The minimum atomic E-state index is -2.78. The van der Waals surface area contributed by atoms with Crippen LogP contribution in [0.15, 0.2) is 279 Å². The Kier molecular flexibility index (Phi) is 10.1. The molecule has 6 nitrogen and oxygen atoms in total. The van der Waals surface area contributed by atoms with E-state index < -0.39 is 8.07 Å². The minimum absolute atomic E-state index is 0.544. The molecule has 0 aliphatic heterocycles. The fraction of sp³-hybridized carbons (Fsp3) is 0. The van der Waals surface area contributed by atoms with E-state index in [4.69, 9.17) is 15.0 Å². The molecule has 0 unspecified atom stereocenters. The third-order valence-corrected chi connectivity index (χ3v) is 20.3. The largest absolute Gasteiger partial charge is 0.309 e. The summed E-state index contributed by atoms with van der Waals surface area (Å²) in [6.45, 7) is 0. The van der Waals surface area contributed by atoms with Gasteiger partial charge in [-0.2, -0.15) is 9.97 Å². The first-order valence-electron chi connectivity index (χ1n) is 25.9. The lowest BCUT2D eigenvalue weighted by Crippen LogP contribution is -2.74. The second-order valence-electron chi connectivity index (χ2n) is 19.5. The topological polar surface area (TPSA) is 53.5 Å². The summed E-state index contributed by atoms with van der Waals surface area (Å²) in [5.41, 5.74) is 10.6. The molecule has 4 aromatic heterocycles. The van der Waals surface area contributed by atoms with Crippen molar-refractivity contribution in [1.29, 1.82) is 0 Å². The van der Waals surface area contributed by atoms with Gasteiger partial charge in [0.1, 0.15) is 0 Å². The van der Waals surface area contributed by atoms with Gasteiger partial charge in [0, 0.05) is 49.1 Å². The van der Waals surface area contributed by atoms with E-state index in [1.165, 1.54) is 53.3 Å². The lowest BCUT2D eigenvalue weighted by molar-refractivity contribution is 0.950. The smallest absolute Gasteiger partial charge is 0.238 e. The molecule has 0 radical (unpaired) electrons. The van der Waals surface area contributed by atoms with Gasteiger partial charge in [-0.25, -0.2) is 4.98 Å². The van der Waals surface area contributed by atoms with Gasteiger partial charge in [-0.05, 0) is 69.3 Å². The number of hydrogen-bond acceptors (Lipinski definition) is 3. The molecule has 0 N–H and O–H groups in total. The van der Waals surface area contributed by atoms with Gasteiger partial charge in [0.15, 0.2) is 19.7 Å². The van der Waals surface area contributed by atoms with Gasteiger partial charge in [-0.1, -0.05) is 231 Å². The van der Waals surface area contributed by atoms with Crippen LogP contribution in [0, 0.1) is 0 Å². The lowest BCUT2D eigenvalue weighted by Gasteiger charge is -2.34. The number of benzene rings is 11. The first-order valence-corrected chi connectivity index (χ1v) is 27.9. The van der Waals surface area contributed by atoms with Crippen LogP contribution in [0.5, 0.6) is 0 Å². The van der Waals surface area contributed by atoms with Crippen molar-refractivity contribution < 1.29 is 0 Å². The summed E-state index contributed by atoms with van der Waals surface area (Å²) in [6.07, 6.45) is 0. The second-order valence-corrected chi connectivity index (χ2v) is 23.3. The highest BCUT2D eigenvalue weighted by molar-refractivity contribution is 7.19. The molecule has 0 aliphatic carbocycles. The van der Waals surface area contributed by atoms with Gasteiger partial charge in [0.05, 0.1) is 38.8 Å². The van der Waals surface area contributed by atoms with Crippen molar-refractivity contribution in [3.8, 4) is 40.1 Å². The summed E-state index contributed by atoms with van der Waals surface area (Å²) in [6, 6.07) is 101. The van der Waals surface area contributed by atoms with Gasteiger partial charge >= 0.3 is 0 Å². The van der Waals surface area contributed by atoms with Crippen LogP contribution >= 0.6 is 0 Å². The van der Waals surface area contributed by atoms with Crippen LogP contribution in [0.2, 0.25) is 0 Å². The molecule has 0 aliphatic rings. The third-order valence-electron chi connectivity index (χ3n) is 15.5. The molecule has 0 amide bonds. The quantitative estimate of drug-likeness (QED) is 0.107. The molecule has 0 atom stereocenters. The normalized spacial score (nSPS) is 11.9. The zero-order chi connectivity index (χ0) is 50.2. The molecule has 11 aromatic carbocycles. The maximum absolute atomic E-state index is 5.52. The van der Waals surface area contributed by atoms with Gasteiger partial charge in [0.2, 0.25) is 5.95 Å². The first-order chi connectivity index (χ1) is 37.7. The average molecular weight is 987 g/mol. The Hall–Kier alpha value is -9.95. The Morgan fingerprint density at radius 3 is 1.20 bits per heavy atom. The second kappa shape index (κ2) is 17.6. The number of fused-ring (bicyclic) bond motifs is 9. The molecule has 356 valence electrons. The number of aromatic nitrogens is 6. The van der Waals surface area contributed by atoms with E-state index in [-0.39, 0.29) is 0 Å². The minimum Gasteiger partial charge on any atom is -0.309 e. The van der Waals surface area contributed by atoms with Crippen molar-refractivity contribution in [2.24, 2.45) is 0 Å². The zero-order valence-corrected chi connectivity index (χ0v) is 42.2. The molecular weight excluding hydrogens is 941 g/mol. The van der Waals surface area contributed by atoms with E-state index in [9.17, 15) is 0 Å². The molecule has 15 rings (SSSR count). The van der Waals surface area contributed by atoms with Crippen molar-refractivity contribution >= 4 is 94.2 Å². The van der Waals surface area contributed by atoms with Crippen LogP contribution in [-0.4, -0.2) is 36.7 Å². The SMILES string of the molecule is c1ccc(-c2nc(-c3ccc([Si](c4ccccc4)(c4ccccc4)c4ccccc4)cc3)nc(-n3c4ccccc4c4cccc(-n5c6ccccc6c6cc(-n7c8ccccc8c8ccccc87)ccc65)c43)n2)cc1. The summed E-state index contributed by atoms with van der Waals surface area (Å²) >= 11 is 0. The van der Waals surface area contributed by atoms with Crippen molar-refractivity contribution in [3.63, 3.8) is 0 Å². The van der Waals surface area contributed by atoms with Crippen molar-refractivity contribution in [2.45, 2.75) is 0 Å². The highest BCUT2D eigenvalue weighted by atomic mass is 28.3. The Balaban J connectivity index is 0.950. The Morgan fingerprint density at radius 1 is 0.263 bits per heavy atom. The van der Waals surface area contributed by atoms with Crippen molar-refractivity contribution in [1.82, 2.24) is 28.7 Å². The van der Waals surface area contributed by atoms with Crippen LogP contribution in [-0.2, 0) is 0 Å². The maximum atomic E-state index is 5.52. The summed E-state index contributed by atoms with van der Waals surface area (Å²) < 4.78 is 7.09. The molecule has 0 saturated carbocycles. The average Bonchev–Trinajstić information content (AvgIpc) is 4.26. The summed E-state index contributed by atoms with van der Waals surface area (Å²) in [5, 5.41) is 12.3. The van der Waals surface area contributed by atoms with Crippen LogP contribution in [0.3, 0.4) is 0 Å². The monoisotopic (exact) mass is 986 g/mol. The van der Waals surface area contributed by atoms with E-state index in [0.717, 1.165) is 55.3 Å². The molecule has 0 spiro atoms. The Labute approximate surface area is 439 Å². The van der Waals surface area contributed by atoms with E-state index >= 15 is 0 Å². The Morgan fingerprint density at radius 2 is 0.658 bits per heavy atom. The van der Waals surface area contributed by atoms with Gasteiger partial charge in [0.25, 0.3) is 0 Å². The summed E-state index contributed by atoms with van der Waals surface area (Å²) in [4.78, 5) is 16.2. The molecule has 0 saturated heterocycles. The number of hydrogen-bond donors (Lipinski definition) is 0. The van der Waals surface area contributed by atoms with E-state index in [0.29, 0.717) is 17.6 Å². The fourth-order valence-electron chi connectivity index (χ4n) is 12.2.